The van der Waals surface area contributed by atoms with Gasteiger partial charge in [0.15, 0.2) is 5.72 Å². The van der Waals surface area contributed by atoms with Crippen LogP contribution in [0.5, 0.6) is 0 Å². The molecule has 1 fully saturated rings. The normalized spacial score (nSPS) is 34.8. The molecule has 0 aromatic heterocycles. The van der Waals surface area contributed by atoms with Crippen LogP contribution in [0.4, 0.5) is 0 Å². The Morgan fingerprint density at radius 3 is 2.83 bits per heavy atom. The number of hydrogen-bond acceptors (Lipinski definition) is 2. The topological polar surface area (TPSA) is 32.6 Å². The lowest BCUT2D eigenvalue weighted by molar-refractivity contribution is -0.0256. The molecular weight excluding hydrogens is 222 g/mol. The largest absolute Gasteiger partial charge is 0.369 e. The van der Waals surface area contributed by atoms with Crippen LogP contribution in [0.25, 0.3) is 0 Å². The van der Waals surface area contributed by atoms with Crippen molar-refractivity contribution < 1.29 is 5.11 Å². The zero-order valence-corrected chi connectivity index (χ0v) is 10.5. The standard InChI is InChI=1S/C16H19NO/c1-2-12-8-9-16(18)11-14(12)10-15(17-16)13-6-4-3-5-7-13/h2-7,12,14,18H,1,8-11H2/t12-,14-,16+/m1/s1. The molecule has 1 heterocycles. The fourth-order valence-electron chi connectivity index (χ4n) is 3.30. The third kappa shape index (κ3) is 2.01. The third-order valence-corrected chi connectivity index (χ3v) is 4.28. The highest BCUT2D eigenvalue weighted by Crippen LogP contribution is 2.43. The zero-order valence-electron chi connectivity index (χ0n) is 10.5. The zero-order chi connectivity index (χ0) is 12.6. The minimum Gasteiger partial charge on any atom is -0.369 e. The van der Waals surface area contributed by atoms with Gasteiger partial charge in [0, 0.05) is 12.1 Å². The summed E-state index contributed by atoms with van der Waals surface area (Å²) < 4.78 is 0. The Morgan fingerprint density at radius 1 is 1.33 bits per heavy atom. The van der Waals surface area contributed by atoms with Gasteiger partial charge in [-0.05, 0) is 36.7 Å². The summed E-state index contributed by atoms with van der Waals surface area (Å²) in [6, 6.07) is 10.2. The summed E-state index contributed by atoms with van der Waals surface area (Å²) in [5.41, 5.74) is 1.37. The summed E-state index contributed by atoms with van der Waals surface area (Å²) >= 11 is 0. The van der Waals surface area contributed by atoms with Crippen molar-refractivity contribution in [2.24, 2.45) is 16.8 Å². The van der Waals surface area contributed by atoms with Crippen LogP contribution < -0.4 is 0 Å². The van der Waals surface area contributed by atoms with Gasteiger partial charge in [-0.1, -0.05) is 36.4 Å². The molecule has 1 aromatic carbocycles. The van der Waals surface area contributed by atoms with Crippen LogP contribution in [0.1, 0.15) is 31.2 Å². The van der Waals surface area contributed by atoms with Crippen molar-refractivity contribution in [3.63, 3.8) is 0 Å². The number of allylic oxidation sites excluding steroid dienone is 1. The van der Waals surface area contributed by atoms with Crippen molar-refractivity contribution in [2.75, 3.05) is 0 Å². The highest BCUT2D eigenvalue weighted by atomic mass is 16.3. The Hall–Kier alpha value is -1.41. The highest BCUT2D eigenvalue weighted by molar-refractivity contribution is 6.01. The van der Waals surface area contributed by atoms with Crippen LogP contribution in [-0.2, 0) is 0 Å². The maximum Gasteiger partial charge on any atom is 0.156 e. The number of nitrogens with zero attached hydrogens (tertiary/aromatic N) is 1. The highest BCUT2D eigenvalue weighted by Gasteiger charge is 2.42. The first-order valence-electron chi connectivity index (χ1n) is 6.69. The van der Waals surface area contributed by atoms with Gasteiger partial charge in [0.25, 0.3) is 0 Å². The maximum atomic E-state index is 10.5. The average Bonchev–Trinajstić information content (AvgIpc) is 2.39. The Labute approximate surface area is 108 Å². The lowest BCUT2D eigenvalue weighted by Crippen LogP contribution is -2.42. The van der Waals surface area contributed by atoms with Gasteiger partial charge in [-0.25, -0.2) is 0 Å². The van der Waals surface area contributed by atoms with E-state index in [0.29, 0.717) is 11.8 Å². The monoisotopic (exact) mass is 241 g/mol. The second-order valence-electron chi connectivity index (χ2n) is 5.51. The molecule has 94 valence electrons. The first-order valence-corrected chi connectivity index (χ1v) is 6.69. The van der Waals surface area contributed by atoms with E-state index in [0.717, 1.165) is 37.0 Å². The van der Waals surface area contributed by atoms with E-state index >= 15 is 0 Å². The van der Waals surface area contributed by atoms with Crippen molar-refractivity contribution >= 4 is 5.71 Å². The number of rotatable bonds is 2. The minimum absolute atomic E-state index is 0.494. The molecule has 1 aliphatic heterocycles. The van der Waals surface area contributed by atoms with Crippen molar-refractivity contribution in [1.82, 2.24) is 0 Å². The molecule has 1 aliphatic carbocycles. The lowest BCUT2D eigenvalue weighted by atomic mass is 9.70. The first-order chi connectivity index (χ1) is 8.70. The van der Waals surface area contributed by atoms with Gasteiger partial charge in [-0.2, -0.15) is 0 Å². The van der Waals surface area contributed by atoms with E-state index < -0.39 is 5.72 Å². The van der Waals surface area contributed by atoms with Crippen LogP contribution in [0.3, 0.4) is 0 Å². The van der Waals surface area contributed by atoms with Crippen molar-refractivity contribution in [3.8, 4) is 0 Å². The van der Waals surface area contributed by atoms with E-state index in [1.807, 2.05) is 18.2 Å². The van der Waals surface area contributed by atoms with Gasteiger partial charge in [0.05, 0.1) is 0 Å². The number of fused-ring (bicyclic) bond motifs is 2. The summed E-state index contributed by atoms with van der Waals surface area (Å²) in [5.74, 6) is 1.02. The third-order valence-electron chi connectivity index (χ3n) is 4.28. The molecule has 0 unspecified atom stereocenters. The van der Waals surface area contributed by atoms with Crippen LogP contribution in [0.2, 0.25) is 0 Å². The van der Waals surface area contributed by atoms with Gasteiger partial charge in [0.1, 0.15) is 0 Å². The van der Waals surface area contributed by atoms with Crippen LogP contribution in [-0.4, -0.2) is 16.5 Å². The molecule has 18 heavy (non-hydrogen) atoms. The molecule has 1 N–H and O–H groups in total. The molecule has 2 bridgehead atoms. The molecule has 1 saturated carbocycles. The molecule has 3 rings (SSSR count). The second-order valence-corrected chi connectivity index (χ2v) is 5.51. The van der Waals surface area contributed by atoms with Crippen LogP contribution in [0, 0.1) is 11.8 Å². The van der Waals surface area contributed by atoms with Gasteiger partial charge in [-0.15, -0.1) is 6.58 Å². The predicted octanol–water partition coefficient (Wildman–Crippen LogP) is 3.17. The van der Waals surface area contributed by atoms with Crippen molar-refractivity contribution in [1.29, 1.82) is 0 Å². The molecule has 0 radical (unpaired) electrons. The smallest absolute Gasteiger partial charge is 0.156 e. The molecule has 3 atom stereocenters. The summed E-state index contributed by atoms with van der Waals surface area (Å²) in [6.07, 6.45) is 5.58. The number of aliphatic imine (C=N–C) groups is 1. The van der Waals surface area contributed by atoms with Gasteiger partial charge >= 0.3 is 0 Å². The Kier molecular flexibility index (Phi) is 2.83. The van der Waals surface area contributed by atoms with E-state index in [2.05, 4.69) is 29.8 Å². The molecule has 0 spiro atoms. The SMILES string of the molecule is C=C[C@@H]1CC[C@]2(O)C[C@H]1CC(c1ccccc1)=N2. The molecular formula is C16H19NO. The van der Waals surface area contributed by atoms with E-state index in [9.17, 15) is 5.11 Å². The van der Waals surface area contributed by atoms with Gasteiger partial charge in [-0.3, -0.25) is 4.99 Å². The fraction of sp³-hybridized carbons (Fsp3) is 0.438. The molecule has 2 aliphatic rings. The van der Waals surface area contributed by atoms with Crippen LogP contribution in [0.15, 0.2) is 48.0 Å². The Morgan fingerprint density at radius 2 is 2.11 bits per heavy atom. The number of benzene rings is 1. The predicted molar refractivity (Wildman–Crippen MR) is 73.6 cm³/mol. The second kappa shape index (κ2) is 4.36. The van der Waals surface area contributed by atoms with Crippen molar-refractivity contribution in [3.05, 3.63) is 48.6 Å². The van der Waals surface area contributed by atoms with Gasteiger partial charge in [0.2, 0.25) is 0 Å². The molecule has 1 aromatic rings. The molecule has 0 saturated heterocycles. The fourth-order valence-corrected chi connectivity index (χ4v) is 3.30. The van der Waals surface area contributed by atoms with Crippen molar-refractivity contribution in [2.45, 2.75) is 31.4 Å². The van der Waals surface area contributed by atoms with Gasteiger partial charge < -0.3 is 5.11 Å². The van der Waals surface area contributed by atoms with E-state index in [1.165, 1.54) is 0 Å². The van der Waals surface area contributed by atoms with E-state index in [-0.39, 0.29) is 0 Å². The quantitative estimate of drug-likeness (QED) is 0.792. The molecule has 2 nitrogen and oxygen atoms in total. The number of aliphatic hydroxyl groups is 1. The Balaban J connectivity index is 1.95. The lowest BCUT2D eigenvalue weighted by Gasteiger charge is -2.42. The number of hydrogen-bond donors (Lipinski definition) is 1. The average molecular weight is 241 g/mol. The van der Waals surface area contributed by atoms with E-state index in [4.69, 9.17) is 0 Å². The summed E-state index contributed by atoms with van der Waals surface area (Å²) in [6.45, 7) is 3.93. The van der Waals surface area contributed by atoms with E-state index in [1.54, 1.807) is 0 Å². The maximum absolute atomic E-state index is 10.5. The summed E-state index contributed by atoms with van der Waals surface area (Å²) in [5, 5.41) is 10.5. The van der Waals surface area contributed by atoms with Crippen LogP contribution >= 0.6 is 0 Å². The summed E-state index contributed by atoms with van der Waals surface area (Å²) in [7, 11) is 0. The summed E-state index contributed by atoms with van der Waals surface area (Å²) in [4.78, 5) is 4.61. The molecule has 2 heteroatoms. The Bertz CT molecular complexity index is 479. The first kappa shape index (κ1) is 11.7. The minimum atomic E-state index is -0.826. The molecule has 0 amide bonds.